The first-order valence-electron chi connectivity index (χ1n) is 7.57. The number of aromatic hydroxyl groups is 1. The minimum atomic E-state index is -4.49. The first kappa shape index (κ1) is 17.7. The molecule has 5 N–H and O–H groups in total. The van der Waals surface area contributed by atoms with Crippen molar-refractivity contribution in [1.29, 1.82) is 0 Å². The zero-order valence-corrected chi connectivity index (χ0v) is 14.5. The van der Waals surface area contributed by atoms with E-state index in [0.717, 1.165) is 11.6 Å². The van der Waals surface area contributed by atoms with Crippen LogP contribution < -0.4 is 11.1 Å². The lowest BCUT2D eigenvalue weighted by Gasteiger charge is -2.12. The van der Waals surface area contributed by atoms with Gasteiger partial charge in [0.15, 0.2) is 0 Å². The molecule has 0 heterocycles. The lowest BCUT2D eigenvalue weighted by Crippen LogP contribution is -2.13. The number of fused-ring (bicyclic) bond motifs is 1. The lowest BCUT2D eigenvalue weighted by atomic mass is 10.1. The maximum atomic E-state index is 12.5. The van der Waals surface area contributed by atoms with Crippen LogP contribution in [-0.4, -0.2) is 24.0 Å². The molecular weight excluding hydrogens is 356 g/mol. The number of carbonyl (C=O) groups is 1. The predicted octanol–water partition coefficient (Wildman–Crippen LogP) is 2.94. The molecule has 0 aliphatic heterocycles. The molecule has 3 aromatic carbocycles. The van der Waals surface area contributed by atoms with Crippen LogP contribution in [0.5, 0.6) is 5.75 Å². The Labute approximate surface area is 149 Å². The van der Waals surface area contributed by atoms with Crippen LogP contribution in [0.1, 0.15) is 15.9 Å². The van der Waals surface area contributed by atoms with Gasteiger partial charge in [-0.1, -0.05) is 0 Å². The highest BCUT2D eigenvalue weighted by molar-refractivity contribution is 7.85. The number of benzene rings is 3. The van der Waals surface area contributed by atoms with Crippen molar-refractivity contribution >= 4 is 38.2 Å². The zero-order chi connectivity index (χ0) is 19.1. The Morgan fingerprint density at radius 2 is 1.81 bits per heavy atom. The number of aryl methyl sites for hydroxylation is 1. The fraction of sp³-hybridized carbons (Fsp3) is 0.0556. The molecule has 0 aliphatic carbocycles. The molecule has 0 bridgehead atoms. The largest absolute Gasteiger partial charge is 0.508 e. The van der Waals surface area contributed by atoms with E-state index in [1.54, 1.807) is 31.2 Å². The summed E-state index contributed by atoms with van der Waals surface area (Å²) in [7, 11) is -4.49. The molecule has 7 nitrogen and oxygen atoms in total. The van der Waals surface area contributed by atoms with E-state index in [9.17, 15) is 22.9 Å². The molecule has 1 amide bonds. The van der Waals surface area contributed by atoms with E-state index in [0.29, 0.717) is 22.0 Å². The molecule has 0 aliphatic rings. The minimum Gasteiger partial charge on any atom is -0.508 e. The summed E-state index contributed by atoms with van der Waals surface area (Å²) in [4.78, 5) is 12.1. The molecular formula is C18H16N2O5S. The summed E-state index contributed by atoms with van der Waals surface area (Å²) in [6, 6.07) is 11.5. The third kappa shape index (κ3) is 3.46. The van der Waals surface area contributed by atoms with Crippen molar-refractivity contribution in [2.45, 2.75) is 11.8 Å². The van der Waals surface area contributed by atoms with Gasteiger partial charge in [0.25, 0.3) is 16.0 Å². The van der Waals surface area contributed by atoms with Gasteiger partial charge in [0.1, 0.15) is 5.75 Å². The summed E-state index contributed by atoms with van der Waals surface area (Å²) in [5.74, 6) is -0.536. The average molecular weight is 372 g/mol. The maximum absolute atomic E-state index is 12.5. The number of rotatable bonds is 3. The third-order valence-electron chi connectivity index (χ3n) is 3.99. The second-order valence-corrected chi connectivity index (χ2v) is 7.30. The quantitative estimate of drug-likeness (QED) is 0.413. The molecule has 3 aromatic rings. The number of carbonyl (C=O) groups excluding carboxylic acids is 1. The van der Waals surface area contributed by atoms with Gasteiger partial charge in [-0.3, -0.25) is 9.35 Å². The Hall–Kier alpha value is -3.10. The molecule has 0 saturated heterocycles. The van der Waals surface area contributed by atoms with Gasteiger partial charge in [0, 0.05) is 16.6 Å². The van der Waals surface area contributed by atoms with Crippen LogP contribution in [0.2, 0.25) is 0 Å². The van der Waals surface area contributed by atoms with Crippen molar-refractivity contribution in [1.82, 2.24) is 0 Å². The van der Waals surface area contributed by atoms with Crippen molar-refractivity contribution in [3.8, 4) is 5.75 Å². The summed E-state index contributed by atoms with van der Waals surface area (Å²) in [5, 5.41) is 13.1. The number of anilines is 2. The monoisotopic (exact) mass is 372 g/mol. The van der Waals surface area contributed by atoms with E-state index in [1.165, 1.54) is 18.2 Å². The van der Waals surface area contributed by atoms with Crippen LogP contribution in [0.25, 0.3) is 10.8 Å². The van der Waals surface area contributed by atoms with E-state index in [2.05, 4.69) is 5.32 Å². The van der Waals surface area contributed by atoms with E-state index in [4.69, 9.17) is 5.73 Å². The number of nitrogen functional groups attached to an aromatic ring is 1. The van der Waals surface area contributed by atoms with Crippen LogP contribution in [0.3, 0.4) is 0 Å². The third-order valence-corrected chi connectivity index (χ3v) is 4.82. The van der Waals surface area contributed by atoms with Crippen molar-refractivity contribution in [3.05, 3.63) is 59.7 Å². The van der Waals surface area contributed by atoms with E-state index in [1.807, 2.05) is 0 Å². The fourth-order valence-electron chi connectivity index (χ4n) is 2.59. The smallest absolute Gasteiger partial charge is 0.294 e. The molecule has 0 radical (unpaired) electrons. The van der Waals surface area contributed by atoms with Crippen molar-refractivity contribution in [2.75, 3.05) is 11.1 Å². The SMILES string of the molecule is Cc1cc(C(=O)Nc2cc(S(=O)(=O)O)cc3cc(O)ccc23)ccc1N. The second-order valence-electron chi connectivity index (χ2n) is 5.88. The van der Waals surface area contributed by atoms with Crippen molar-refractivity contribution < 1.29 is 22.9 Å². The molecule has 0 aromatic heterocycles. The van der Waals surface area contributed by atoms with Crippen LogP contribution in [0.15, 0.2) is 53.4 Å². The summed E-state index contributed by atoms with van der Waals surface area (Å²) in [6.07, 6.45) is 0. The Bertz CT molecular complexity index is 1140. The summed E-state index contributed by atoms with van der Waals surface area (Å²) < 4.78 is 32.4. The summed E-state index contributed by atoms with van der Waals surface area (Å²) in [5.41, 5.74) is 7.57. The fourth-order valence-corrected chi connectivity index (χ4v) is 3.14. The molecule has 26 heavy (non-hydrogen) atoms. The number of amides is 1. The standard InChI is InChI=1S/C18H16N2O5S/c1-10-6-11(2-5-16(10)19)18(22)20-17-9-14(26(23,24)25)8-12-7-13(21)3-4-15(12)17/h2-9,21H,19H2,1H3,(H,20,22)(H,23,24,25). The predicted molar refractivity (Wildman–Crippen MR) is 99.0 cm³/mol. The van der Waals surface area contributed by atoms with Gasteiger partial charge in [-0.2, -0.15) is 8.42 Å². The van der Waals surface area contributed by atoms with E-state index < -0.39 is 16.0 Å². The second kappa shape index (κ2) is 6.32. The first-order chi connectivity index (χ1) is 12.1. The minimum absolute atomic E-state index is 0.0728. The van der Waals surface area contributed by atoms with E-state index >= 15 is 0 Å². The number of nitrogens with one attached hydrogen (secondary N) is 1. The normalized spacial score (nSPS) is 11.5. The Morgan fingerprint density at radius 3 is 2.46 bits per heavy atom. The number of phenolic OH excluding ortho intramolecular Hbond substituents is 1. The van der Waals surface area contributed by atoms with Crippen molar-refractivity contribution in [3.63, 3.8) is 0 Å². The first-order valence-corrected chi connectivity index (χ1v) is 9.01. The van der Waals surface area contributed by atoms with Gasteiger partial charge in [-0.15, -0.1) is 0 Å². The summed E-state index contributed by atoms with van der Waals surface area (Å²) in [6.45, 7) is 1.77. The zero-order valence-electron chi connectivity index (χ0n) is 13.7. The summed E-state index contributed by atoms with van der Waals surface area (Å²) >= 11 is 0. The topological polar surface area (TPSA) is 130 Å². The van der Waals surface area contributed by atoms with Gasteiger partial charge < -0.3 is 16.2 Å². The van der Waals surface area contributed by atoms with Crippen LogP contribution in [0, 0.1) is 6.92 Å². The molecule has 0 fully saturated rings. The number of hydrogen-bond donors (Lipinski definition) is 4. The molecule has 3 rings (SSSR count). The van der Waals surface area contributed by atoms with Gasteiger partial charge in [0.05, 0.1) is 10.6 Å². The van der Waals surface area contributed by atoms with Gasteiger partial charge in [-0.05, 0) is 66.4 Å². The highest BCUT2D eigenvalue weighted by Gasteiger charge is 2.16. The molecule has 8 heteroatoms. The Kier molecular flexibility index (Phi) is 4.31. The average Bonchev–Trinajstić information content (AvgIpc) is 2.55. The molecule has 0 atom stereocenters. The van der Waals surface area contributed by atoms with Crippen LogP contribution >= 0.6 is 0 Å². The van der Waals surface area contributed by atoms with Gasteiger partial charge in [0.2, 0.25) is 0 Å². The van der Waals surface area contributed by atoms with Gasteiger partial charge >= 0.3 is 0 Å². The van der Waals surface area contributed by atoms with Crippen molar-refractivity contribution in [2.24, 2.45) is 0 Å². The highest BCUT2D eigenvalue weighted by Crippen LogP contribution is 2.30. The lowest BCUT2D eigenvalue weighted by molar-refractivity contribution is 0.102. The number of nitrogens with two attached hydrogens (primary N) is 1. The highest BCUT2D eigenvalue weighted by atomic mass is 32.2. The number of hydrogen-bond acceptors (Lipinski definition) is 5. The Balaban J connectivity index is 2.11. The van der Waals surface area contributed by atoms with E-state index in [-0.39, 0.29) is 16.3 Å². The van der Waals surface area contributed by atoms with Gasteiger partial charge in [-0.25, -0.2) is 0 Å². The molecule has 0 unspecified atom stereocenters. The molecule has 134 valence electrons. The Morgan fingerprint density at radius 1 is 1.08 bits per heavy atom. The van der Waals surface area contributed by atoms with Crippen LogP contribution in [0.4, 0.5) is 11.4 Å². The number of phenols is 1. The maximum Gasteiger partial charge on any atom is 0.294 e. The molecule has 0 saturated carbocycles. The molecule has 0 spiro atoms. The van der Waals surface area contributed by atoms with Crippen LogP contribution in [-0.2, 0) is 10.1 Å².